The Morgan fingerprint density at radius 1 is 0.778 bits per heavy atom. The number of likely N-dealkylation sites (tertiary alicyclic amines) is 2. The lowest BCUT2D eigenvalue weighted by atomic mass is 10.1. The highest BCUT2D eigenvalue weighted by atomic mass is 16.5. The maximum atomic E-state index is 13.0. The van der Waals surface area contributed by atoms with Crippen molar-refractivity contribution in [3.63, 3.8) is 0 Å². The second kappa shape index (κ2) is 12.4. The molecule has 0 aromatic heterocycles. The number of amides is 3. The molecule has 2 aromatic carbocycles. The van der Waals surface area contributed by atoms with Gasteiger partial charge in [0.05, 0.1) is 6.61 Å². The van der Waals surface area contributed by atoms with Crippen molar-refractivity contribution in [1.82, 2.24) is 9.80 Å². The number of nitrogens with one attached hydrogen (secondary N) is 1. The predicted molar refractivity (Wildman–Crippen MR) is 138 cm³/mol. The molecule has 2 aromatic rings. The fourth-order valence-electron chi connectivity index (χ4n) is 4.62. The van der Waals surface area contributed by atoms with Gasteiger partial charge in [-0.1, -0.05) is 6.07 Å². The molecule has 8 nitrogen and oxygen atoms in total. The van der Waals surface area contributed by atoms with E-state index < -0.39 is 0 Å². The van der Waals surface area contributed by atoms with Crippen molar-refractivity contribution < 1.29 is 23.9 Å². The largest absolute Gasteiger partial charge is 0.490 e. The molecule has 0 bridgehead atoms. The molecule has 4 rings (SSSR count). The second-order valence-electron chi connectivity index (χ2n) is 9.21. The lowest BCUT2D eigenvalue weighted by Gasteiger charge is -2.26. The van der Waals surface area contributed by atoms with Crippen LogP contribution in [0.5, 0.6) is 11.5 Å². The van der Waals surface area contributed by atoms with Crippen LogP contribution in [-0.2, 0) is 4.79 Å². The second-order valence-corrected chi connectivity index (χ2v) is 9.21. The molecule has 8 heteroatoms. The van der Waals surface area contributed by atoms with Crippen LogP contribution < -0.4 is 14.8 Å². The van der Waals surface area contributed by atoms with Crippen molar-refractivity contribution in [2.45, 2.75) is 45.4 Å². The van der Waals surface area contributed by atoms with Crippen LogP contribution in [0.15, 0.2) is 42.5 Å². The minimum atomic E-state index is -0.325. The van der Waals surface area contributed by atoms with Gasteiger partial charge in [0.2, 0.25) is 0 Å². The molecular weight excluding hydrogens is 458 g/mol. The summed E-state index contributed by atoms with van der Waals surface area (Å²) in [6.07, 6.45) is 6.40. The topological polar surface area (TPSA) is 88.2 Å². The van der Waals surface area contributed by atoms with Gasteiger partial charge in [0.25, 0.3) is 17.7 Å². The first kappa shape index (κ1) is 25.5. The SMILES string of the molecule is CCOc1cc(C(=O)Nc2cccc(C(=O)N3CCCCC3)c2)ccc1OCC(=O)N1CCCCC1. The first-order valence-electron chi connectivity index (χ1n) is 12.9. The third-order valence-electron chi connectivity index (χ3n) is 6.58. The summed E-state index contributed by atoms with van der Waals surface area (Å²) in [5.74, 6) is 0.455. The van der Waals surface area contributed by atoms with Gasteiger partial charge in [-0.25, -0.2) is 0 Å². The number of piperidine rings is 2. The molecule has 0 atom stereocenters. The van der Waals surface area contributed by atoms with E-state index in [1.807, 2.05) is 16.7 Å². The third-order valence-corrected chi connectivity index (χ3v) is 6.58. The Balaban J connectivity index is 1.41. The molecule has 2 heterocycles. The van der Waals surface area contributed by atoms with Gasteiger partial charge >= 0.3 is 0 Å². The van der Waals surface area contributed by atoms with E-state index in [1.54, 1.807) is 42.5 Å². The summed E-state index contributed by atoms with van der Waals surface area (Å²) < 4.78 is 11.5. The fourth-order valence-corrected chi connectivity index (χ4v) is 4.62. The zero-order valence-corrected chi connectivity index (χ0v) is 21.0. The van der Waals surface area contributed by atoms with Crippen molar-refractivity contribution >= 4 is 23.4 Å². The average Bonchev–Trinajstić information content (AvgIpc) is 2.93. The Labute approximate surface area is 212 Å². The van der Waals surface area contributed by atoms with Crippen LogP contribution in [0.25, 0.3) is 0 Å². The predicted octanol–water partition coefficient (Wildman–Crippen LogP) is 4.36. The highest BCUT2D eigenvalue weighted by Crippen LogP contribution is 2.29. The minimum Gasteiger partial charge on any atom is -0.490 e. The van der Waals surface area contributed by atoms with Crippen LogP contribution in [0.2, 0.25) is 0 Å². The number of nitrogens with zero attached hydrogens (tertiary/aromatic N) is 2. The van der Waals surface area contributed by atoms with Crippen molar-refractivity contribution in [2.75, 3.05) is 44.7 Å². The summed E-state index contributed by atoms with van der Waals surface area (Å²) >= 11 is 0. The number of hydrogen-bond acceptors (Lipinski definition) is 5. The molecule has 0 spiro atoms. The van der Waals surface area contributed by atoms with Crippen molar-refractivity contribution in [2.24, 2.45) is 0 Å². The number of ether oxygens (including phenoxy) is 2. The molecular formula is C28H35N3O5. The van der Waals surface area contributed by atoms with Gasteiger partial charge in [-0.05, 0) is 81.8 Å². The number of rotatable bonds is 8. The van der Waals surface area contributed by atoms with Crippen LogP contribution in [0.1, 0.15) is 66.2 Å². The number of carbonyl (C=O) groups is 3. The Morgan fingerprint density at radius 3 is 2.17 bits per heavy atom. The Morgan fingerprint density at radius 2 is 1.47 bits per heavy atom. The summed E-state index contributed by atoms with van der Waals surface area (Å²) in [7, 11) is 0. The molecule has 0 radical (unpaired) electrons. The van der Waals surface area contributed by atoms with Crippen LogP contribution >= 0.6 is 0 Å². The lowest BCUT2D eigenvalue weighted by Crippen LogP contribution is -2.38. The monoisotopic (exact) mass is 493 g/mol. The van der Waals surface area contributed by atoms with Crippen molar-refractivity contribution in [1.29, 1.82) is 0 Å². The Kier molecular flexibility index (Phi) is 8.81. The smallest absolute Gasteiger partial charge is 0.260 e. The highest BCUT2D eigenvalue weighted by Gasteiger charge is 2.20. The van der Waals surface area contributed by atoms with E-state index in [0.717, 1.165) is 64.7 Å². The first-order chi connectivity index (χ1) is 17.5. The van der Waals surface area contributed by atoms with Gasteiger partial charge in [-0.2, -0.15) is 0 Å². The summed E-state index contributed by atoms with van der Waals surface area (Å²) in [5.41, 5.74) is 1.50. The Bertz CT molecular complexity index is 1070. The number of hydrogen-bond donors (Lipinski definition) is 1. The zero-order chi connectivity index (χ0) is 25.3. The fraction of sp³-hybridized carbons (Fsp3) is 0.464. The molecule has 36 heavy (non-hydrogen) atoms. The maximum absolute atomic E-state index is 13.0. The van der Waals surface area contributed by atoms with Crippen LogP contribution in [0.4, 0.5) is 5.69 Å². The summed E-state index contributed by atoms with van der Waals surface area (Å²) in [6, 6.07) is 11.9. The molecule has 0 saturated carbocycles. The number of benzene rings is 2. The third kappa shape index (κ3) is 6.56. The van der Waals surface area contributed by atoms with Gasteiger partial charge in [0.1, 0.15) is 0 Å². The van der Waals surface area contributed by atoms with E-state index in [1.165, 1.54) is 0 Å². The first-order valence-corrected chi connectivity index (χ1v) is 12.9. The Hall–Kier alpha value is -3.55. The molecule has 0 unspecified atom stereocenters. The summed E-state index contributed by atoms with van der Waals surface area (Å²) in [5, 5.41) is 2.87. The summed E-state index contributed by atoms with van der Waals surface area (Å²) in [6.45, 7) is 5.25. The van der Waals surface area contributed by atoms with E-state index in [9.17, 15) is 14.4 Å². The normalized spacial score (nSPS) is 15.8. The molecule has 2 aliphatic heterocycles. The van der Waals surface area contributed by atoms with Gasteiger partial charge < -0.3 is 24.6 Å². The molecule has 2 saturated heterocycles. The molecule has 192 valence electrons. The van der Waals surface area contributed by atoms with E-state index >= 15 is 0 Å². The van der Waals surface area contributed by atoms with Gasteiger partial charge in [-0.15, -0.1) is 0 Å². The maximum Gasteiger partial charge on any atom is 0.260 e. The van der Waals surface area contributed by atoms with Crippen LogP contribution in [-0.4, -0.2) is 66.9 Å². The summed E-state index contributed by atoms with van der Waals surface area (Å²) in [4.78, 5) is 42.0. The van der Waals surface area contributed by atoms with Crippen LogP contribution in [0.3, 0.4) is 0 Å². The minimum absolute atomic E-state index is 0.00923. The molecule has 1 N–H and O–H groups in total. The molecule has 3 amide bonds. The molecule has 2 aliphatic rings. The van der Waals surface area contributed by atoms with Gasteiger partial charge in [0.15, 0.2) is 18.1 Å². The van der Waals surface area contributed by atoms with Crippen LogP contribution in [0, 0.1) is 0 Å². The van der Waals surface area contributed by atoms with E-state index in [2.05, 4.69) is 5.32 Å². The van der Waals surface area contributed by atoms with Gasteiger partial charge in [-0.3, -0.25) is 14.4 Å². The van der Waals surface area contributed by atoms with Crippen molar-refractivity contribution in [3.05, 3.63) is 53.6 Å². The highest BCUT2D eigenvalue weighted by molar-refractivity contribution is 6.05. The average molecular weight is 494 g/mol. The van der Waals surface area contributed by atoms with E-state index in [4.69, 9.17) is 9.47 Å². The lowest BCUT2D eigenvalue weighted by molar-refractivity contribution is -0.134. The standard InChI is InChI=1S/C28H35N3O5/c1-2-35-25-19-21(12-13-24(25)36-20-26(32)30-14-5-3-6-15-30)27(33)29-23-11-9-10-22(18-23)28(34)31-16-7-4-8-17-31/h9-13,18-19H,2-8,14-17,20H2,1H3,(H,29,33). The number of anilines is 1. The molecule has 2 fully saturated rings. The zero-order valence-electron chi connectivity index (χ0n) is 21.0. The quantitative estimate of drug-likeness (QED) is 0.591. The van der Waals surface area contributed by atoms with Gasteiger partial charge in [0, 0.05) is 43.0 Å². The van der Waals surface area contributed by atoms with Crippen molar-refractivity contribution in [3.8, 4) is 11.5 Å². The number of carbonyl (C=O) groups excluding carboxylic acids is 3. The molecule has 0 aliphatic carbocycles. The van der Waals surface area contributed by atoms with E-state index in [0.29, 0.717) is 34.9 Å². The van der Waals surface area contributed by atoms with E-state index in [-0.39, 0.29) is 24.3 Å².